The third kappa shape index (κ3) is 15.0. The number of aromatic nitrogens is 9. The number of rotatable bonds is 14. The number of oxazole rings is 3. The van der Waals surface area contributed by atoms with Crippen LogP contribution in [0.4, 0.5) is 0 Å². The Morgan fingerprint density at radius 1 is 0.167 bits per heavy atom. The summed E-state index contributed by atoms with van der Waals surface area (Å²) in [6.07, 6.45) is 0. The largest absolute Gasteiger partial charge is 0.436 e. The lowest BCUT2D eigenvalue weighted by Gasteiger charge is -2.11. The molecule has 26 rings (SSSR count). The van der Waals surface area contributed by atoms with Crippen molar-refractivity contribution >= 4 is 128 Å². The number of fused-ring (bicyclic) bond motifs is 12. The second kappa shape index (κ2) is 34.0. The molecular formula is C117H71N9O3S3. The molecule has 0 aliphatic rings. The Kier molecular flexibility index (Phi) is 20.2. The zero-order chi connectivity index (χ0) is 87.4. The van der Waals surface area contributed by atoms with E-state index >= 15 is 0 Å². The van der Waals surface area contributed by atoms with Crippen molar-refractivity contribution in [1.82, 2.24) is 44.9 Å². The Hall–Kier alpha value is -17.0. The summed E-state index contributed by atoms with van der Waals surface area (Å²) in [4.78, 5) is 45.5. The van der Waals surface area contributed by atoms with Crippen molar-refractivity contribution in [1.29, 1.82) is 0 Å². The van der Waals surface area contributed by atoms with Crippen molar-refractivity contribution in [2.75, 3.05) is 0 Å². The van der Waals surface area contributed by atoms with Gasteiger partial charge in [-0.2, -0.15) is 0 Å². The highest BCUT2D eigenvalue weighted by molar-refractivity contribution is 7.27. The molecule has 0 atom stereocenters. The molecular weight excluding hydrogens is 1680 g/mol. The summed E-state index contributed by atoms with van der Waals surface area (Å²) in [5.74, 6) is 3.98. The highest BCUT2D eigenvalue weighted by Crippen LogP contribution is 2.49. The molecule has 0 amide bonds. The third-order valence-electron chi connectivity index (χ3n) is 23.9. The van der Waals surface area contributed by atoms with Crippen LogP contribution in [0.25, 0.3) is 252 Å². The minimum Gasteiger partial charge on any atom is -0.436 e. The van der Waals surface area contributed by atoms with Crippen LogP contribution in [0, 0.1) is 0 Å². The van der Waals surface area contributed by atoms with Crippen LogP contribution < -0.4 is 0 Å². The minimum absolute atomic E-state index is 0.628. The standard InChI is InChI=1S/2C41H25N3OS.C35H21N3OS/c1-3-12-26(13-4-1)28-16-9-17-29(24-28)35-25-34(27-14-5-2-6-15-27)42-40(43-35)31-19-11-23-37-38(31)30-18-10-20-32(39(30)46-37)41-44-33-21-7-8-22-36(33)45-41;1-3-11-26(12-4-1)27-21-23-29(24-22-27)35-25-34(28-13-5-2-6-14-28)42-40(43-35)31-16-10-20-37-38(31)30-15-9-17-32(39(30)46-37)41-44-33-18-7-8-19-36(33)45-41;1-3-11-22(12-4-1)28-21-29(23-13-5-2-6-14-23)37-34(36-28)25-16-10-20-31-32(25)24-15-9-17-26(33(24)40-31)35-38-27-18-7-8-19-30(27)39-35/h2*1-25H;1-21H. The van der Waals surface area contributed by atoms with Crippen molar-refractivity contribution < 1.29 is 13.3 Å². The number of hydrogen-bond donors (Lipinski definition) is 0. The van der Waals surface area contributed by atoms with E-state index in [-0.39, 0.29) is 0 Å². The highest BCUT2D eigenvalue weighted by Gasteiger charge is 2.26. The maximum Gasteiger partial charge on any atom is 0.228 e. The molecule has 26 aromatic rings. The van der Waals surface area contributed by atoms with Crippen LogP contribution in [0.5, 0.6) is 0 Å². The molecule has 12 nitrogen and oxygen atoms in total. The van der Waals surface area contributed by atoms with Gasteiger partial charge in [-0.15, -0.1) is 34.0 Å². The first-order valence-corrected chi connectivity index (χ1v) is 46.0. The van der Waals surface area contributed by atoms with E-state index in [0.29, 0.717) is 35.1 Å². The Morgan fingerprint density at radius 3 is 0.727 bits per heavy atom. The summed E-state index contributed by atoms with van der Waals surface area (Å²) in [5, 5.41) is 6.83. The Labute approximate surface area is 769 Å². The summed E-state index contributed by atoms with van der Waals surface area (Å²) < 4.78 is 25.5. The van der Waals surface area contributed by atoms with Gasteiger partial charge in [0.1, 0.15) is 16.6 Å². The Bertz CT molecular complexity index is 8690. The van der Waals surface area contributed by atoms with Gasteiger partial charge in [0.15, 0.2) is 34.2 Å². The quantitative estimate of drug-likeness (QED) is 0.102. The van der Waals surface area contributed by atoms with E-state index in [0.717, 1.165) is 191 Å². The maximum absolute atomic E-state index is 6.21. The van der Waals surface area contributed by atoms with Gasteiger partial charge >= 0.3 is 0 Å². The Morgan fingerprint density at radius 2 is 0.402 bits per heavy atom. The summed E-state index contributed by atoms with van der Waals surface area (Å²) in [6, 6.07) is 147. The van der Waals surface area contributed by atoms with Crippen LogP contribution in [0.15, 0.2) is 444 Å². The van der Waals surface area contributed by atoms with Gasteiger partial charge < -0.3 is 13.3 Å². The first kappa shape index (κ1) is 78.5. The smallest absolute Gasteiger partial charge is 0.228 e. The molecule has 0 saturated heterocycles. The summed E-state index contributed by atoms with van der Waals surface area (Å²) in [6.45, 7) is 0. The molecule has 0 aliphatic heterocycles. The molecule has 0 unspecified atom stereocenters. The molecule has 132 heavy (non-hydrogen) atoms. The summed E-state index contributed by atoms with van der Waals surface area (Å²) in [5.41, 5.74) is 27.2. The Balaban J connectivity index is 0.000000110. The van der Waals surface area contributed by atoms with E-state index in [9.17, 15) is 0 Å². The summed E-state index contributed by atoms with van der Waals surface area (Å²) >= 11 is 5.24. The zero-order valence-corrected chi connectivity index (χ0v) is 72.9. The molecule has 9 heterocycles. The van der Waals surface area contributed by atoms with Crippen molar-refractivity contribution in [2.24, 2.45) is 0 Å². The van der Waals surface area contributed by atoms with Crippen LogP contribution in [-0.4, -0.2) is 44.9 Å². The average Bonchev–Trinajstić information content (AvgIpc) is 1.58. The molecule has 0 fully saturated rings. The van der Waals surface area contributed by atoms with Gasteiger partial charge in [-0.1, -0.05) is 334 Å². The van der Waals surface area contributed by atoms with Gasteiger partial charge in [0.25, 0.3) is 0 Å². The van der Waals surface area contributed by atoms with Crippen molar-refractivity contribution in [2.45, 2.75) is 0 Å². The summed E-state index contributed by atoms with van der Waals surface area (Å²) in [7, 11) is 0. The molecule has 9 aromatic heterocycles. The van der Waals surface area contributed by atoms with Gasteiger partial charge in [-0.05, 0) is 119 Å². The molecule has 0 radical (unpaired) electrons. The fourth-order valence-corrected chi connectivity index (χ4v) is 21.3. The monoisotopic (exact) mass is 1750 g/mol. The third-order valence-corrected chi connectivity index (χ3v) is 27.5. The fourth-order valence-electron chi connectivity index (χ4n) is 17.5. The SMILES string of the molecule is c1ccc(-c2cc(-c3ccccc3)nc(-c3cccc4sc5c(-c6nc7ccccc7o6)cccc5c34)n2)cc1.c1ccc(-c2ccc(-c3cc(-c4ccccc4)nc(-c4cccc5sc6c(-c7nc8ccccc8o7)cccc6c45)n3)cc2)cc1.c1ccc(-c2cccc(-c3cc(-c4ccccc4)nc(-c4cccc5sc6c(-c7nc8ccccc8o7)cccc6c45)n3)c2)cc1. The predicted octanol–water partition coefficient (Wildman–Crippen LogP) is 32.3. The lowest BCUT2D eigenvalue weighted by Crippen LogP contribution is -1.96. The molecule has 0 aliphatic carbocycles. The van der Waals surface area contributed by atoms with Gasteiger partial charge in [-0.3, -0.25) is 0 Å². The number of para-hydroxylation sites is 6. The zero-order valence-electron chi connectivity index (χ0n) is 70.5. The number of benzene rings is 17. The van der Waals surface area contributed by atoms with Gasteiger partial charge in [-0.25, -0.2) is 44.9 Å². The van der Waals surface area contributed by atoms with Gasteiger partial charge in [0.05, 0.1) is 50.9 Å². The first-order chi connectivity index (χ1) is 65.4. The minimum atomic E-state index is 0.628. The molecule has 0 bridgehead atoms. The van der Waals surface area contributed by atoms with Gasteiger partial charge in [0, 0.05) is 111 Å². The van der Waals surface area contributed by atoms with E-state index in [1.54, 1.807) is 34.0 Å². The second-order valence-corrected chi connectivity index (χ2v) is 35.2. The van der Waals surface area contributed by atoms with Crippen LogP contribution in [0.2, 0.25) is 0 Å². The lowest BCUT2D eigenvalue weighted by molar-refractivity contribution is 0.620. The van der Waals surface area contributed by atoms with Crippen LogP contribution in [0.3, 0.4) is 0 Å². The predicted molar refractivity (Wildman–Crippen MR) is 544 cm³/mol. The van der Waals surface area contributed by atoms with Crippen LogP contribution in [0.1, 0.15) is 0 Å². The maximum atomic E-state index is 6.21. The highest BCUT2D eigenvalue weighted by atomic mass is 32.1. The van der Waals surface area contributed by atoms with E-state index in [1.165, 1.54) is 26.1 Å². The molecule has 620 valence electrons. The molecule has 0 saturated carbocycles. The number of hydrogen-bond acceptors (Lipinski definition) is 15. The van der Waals surface area contributed by atoms with Crippen molar-refractivity contribution in [3.8, 4) is 158 Å². The lowest BCUT2D eigenvalue weighted by atomic mass is 10.00. The van der Waals surface area contributed by atoms with Crippen LogP contribution in [-0.2, 0) is 0 Å². The first-order valence-electron chi connectivity index (χ1n) is 43.5. The van der Waals surface area contributed by atoms with Crippen molar-refractivity contribution in [3.05, 3.63) is 431 Å². The van der Waals surface area contributed by atoms with E-state index in [2.05, 4.69) is 273 Å². The second-order valence-electron chi connectivity index (χ2n) is 32.1. The van der Waals surface area contributed by atoms with Crippen LogP contribution >= 0.6 is 34.0 Å². The topological polar surface area (TPSA) is 155 Å². The fraction of sp³-hybridized carbons (Fsp3) is 0. The molecule has 15 heteroatoms. The number of nitrogens with zero attached hydrogens (tertiary/aromatic N) is 9. The van der Waals surface area contributed by atoms with Gasteiger partial charge in [0.2, 0.25) is 17.7 Å². The van der Waals surface area contributed by atoms with Crippen molar-refractivity contribution in [3.63, 3.8) is 0 Å². The molecule has 17 aromatic carbocycles. The molecule has 0 spiro atoms. The average molecular weight is 1750 g/mol. The normalized spacial score (nSPS) is 11.5. The molecule has 0 N–H and O–H groups in total. The van der Waals surface area contributed by atoms with E-state index < -0.39 is 0 Å². The number of thiophene rings is 3. The van der Waals surface area contributed by atoms with E-state index in [4.69, 9.17) is 58.1 Å². The van der Waals surface area contributed by atoms with E-state index in [1.807, 2.05) is 158 Å².